The van der Waals surface area contributed by atoms with Crippen LogP contribution in [0.25, 0.3) is 0 Å². The van der Waals surface area contributed by atoms with E-state index in [4.69, 9.17) is 9.84 Å². The van der Waals surface area contributed by atoms with Gasteiger partial charge in [-0.2, -0.15) is 4.98 Å². The summed E-state index contributed by atoms with van der Waals surface area (Å²) >= 11 is 0. The summed E-state index contributed by atoms with van der Waals surface area (Å²) in [6.07, 6.45) is 1.96. The molecule has 2 N–H and O–H groups in total. The van der Waals surface area contributed by atoms with Crippen LogP contribution in [0, 0.1) is 0 Å². The van der Waals surface area contributed by atoms with Crippen molar-refractivity contribution in [2.45, 2.75) is 6.42 Å². The molecule has 7 nitrogen and oxygen atoms in total. The fourth-order valence-corrected chi connectivity index (χ4v) is 1.63. The van der Waals surface area contributed by atoms with Gasteiger partial charge in [-0.3, -0.25) is 0 Å². The molecule has 0 aliphatic rings. The number of nitrogens with one attached hydrogen (secondary N) is 1. The van der Waals surface area contributed by atoms with Crippen molar-refractivity contribution >= 4 is 5.97 Å². The number of aromatic carboxylic acids is 1. The average Bonchev–Trinajstić information content (AvgIpc) is 2.96. The lowest BCUT2D eigenvalue weighted by Crippen LogP contribution is -2.24. The lowest BCUT2D eigenvalue weighted by molar-refractivity contribution is 0.0692. The Labute approximate surface area is 115 Å². The first-order chi connectivity index (χ1) is 9.77. The van der Waals surface area contributed by atoms with Crippen LogP contribution in [0.3, 0.4) is 0 Å². The quantitative estimate of drug-likeness (QED) is 0.694. The molecular weight excluding hydrogens is 262 g/mol. The number of nitrogens with zero attached hydrogens (tertiary/aromatic N) is 2. The van der Waals surface area contributed by atoms with Crippen LogP contribution < -0.4 is 10.1 Å². The third-order valence-electron chi connectivity index (χ3n) is 2.59. The highest BCUT2D eigenvalue weighted by Gasteiger charge is 2.09. The summed E-state index contributed by atoms with van der Waals surface area (Å²) in [7, 11) is 0. The second-order valence-electron chi connectivity index (χ2n) is 4.00. The molecule has 1 aromatic carbocycles. The third kappa shape index (κ3) is 4.06. The van der Waals surface area contributed by atoms with Gasteiger partial charge in [0.25, 0.3) is 0 Å². The summed E-state index contributed by atoms with van der Waals surface area (Å²) < 4.78 is 10.1. The Morgan fingerprint density at radius 1 is 1.35 bits per heavy atom. The van der Waals surface area contributed by atoms with E-state index in [1.54, 1.807) is 18.2 Å². The number of para-hydroxylation sites is 1. The monoisotopic (exact) mass is 277 g/mol. The molecule has 20 heavy (non-hydrogen) atoms. The highest BCUT2D eigenvalue weighted by Crippen LogP contribution is 2.17. The van der Waals surface area contributed by atoms with Crippen molar-refractivity contribution in [1.82, 2.24) is 15.5 Å². The molecular formula is C13H15N3O4. The van der Waals surface area contributed by atoms with Gasteiger partial charge in [-0.05, 0) is 12.1 Å². The normalized spacial score (nSPS) is 10.4. The zero-order valence-corrected chi connectivity index (χ0v) is 10.8. The Hall–Kier alpha value is -2.41. The topological polar surface area (TPSA) is 97.5 Å². The van der Waals surface area contributed by atoms with Crippen LogP contribution >= 0.6 is 0 Å². The zero-order valence-electron chi connectivity index (χ0n) is 10.8. The number of carboxylic acid groups (broad SMARTS) is 1. The molecule has 0 fully saturated rings. The van der Waals surface area contributed by atoms with Crippen LogP contribution in [-0.4, -0.2) is 40.9 Å². The molecule has 0 spiro atoms. The van der Waals surface area contributed by atoms with Crippen molar-refractivity contribution in [2.24, 2.45) is 0 Å². The van der Waals surface area contributed by atoms with E-state index in [9.17, 15) is 4.79 Å². The molecule has 1 heterocycles. The Kier molecular flexibility index (Phi) is 5.08. The predicted octanol–water partition coefficient (Wildman–Crippen LogP) is 0.979. The van der Waals surface area contributed by atoms with Crippen LogP contribution in [-0.2, 0) is 6.42 Å². The summed E-state index contributed by atoms with van der Waals surface area (Å²) in [6, 6.07) is 6.56. The number of hydrogen-bond acceptors (Lipinski definition) is 6. The predicted molar refractivity (Wildman–Crippen MR) is 69.8 cm³/mol. The molecule has 2 aromatic rings. The van der Waals surface area contributed by atoms with Crippen molar-refractivity contribution < 1.29 is 19.2 Å². The average molecular weight is 277 g/mol. The minimum absolute atomic E-state index is 0.166. The molecule has 2 rings (SSSR count). The maximum absolute atomic E-state index is 11.0. The number of carboxylic acids is 1. The molecule has 0 bridgehead atoms. The van der Waals surface area contributed by atoms with Gasteiger partial charge >= 0.3 is 5.97 Å². The summed E-state index contributed by atoms with van der Waals surface area (Å²) in [6.45, 7) is 1.69. The minimum atomic E-state index is -0.995. The maximum atomic E-state index is 11.0. The highest BCUT2D eigenvalue weighted by atomic mass is 16.5. The van der Waals surface area contributed by atoms with Gasteiger partial charge in [0.05, 0.1) is 0 Å². The molecule has 0 radical (unpaired) electrons. The van der Waals surface area contributed by atoms with Crippen LogP contribution in [0.1, 0.15) is 16.2 Å². The lowest BCUT2D eigenvalue weighted by atomic mass is 10.2. The van der Waals surface area contributed by atoms with Gasteiger partial charge in [0.2, 0.25) is 6.39 Å². The number of hydrogen-bond donors (Lipinski definition) is 2. The maximum Gasteiger partial charge on any atom is 0.339 e. The second-order valence-corrected chi connectivity index (χ2v) is 4.00. The number of rotatable bonds is 8. The number of ether oxygens (including phenoxy) is 1. The summed E-state index contributed by atoms with van der Waals surface area (Å²) in [5, 5.41) is 15.8. The lowest BCUT2D eigenvalue weighted by Gasteiger charge is -2.09. The van der Waals surface area contributed by atoms with Crippen molar-refractivity contribution in [3.05, 3.63) is 42.0 Å². The van der Waals surface area contributed by atoms with E-state index in [0.29, 0.717) is 37.7 Å². The van der Waals surface area contributed by atoms with Gasteiger partial charge in [0.15, 0.2) is 5.82 Å². The first kappa shape index (κ1) is 14.0. The smallest absolute Gasteiger partial charge is 0.339 e. The first-order valence-electron chi connectivity index (χ1n) is 6.18. The standard InChI is InChI=1S/C13H15N3O4/c17-13(18)10-3-1-2-4-11(10)19-8-7-14-6-5-12-15-9-20-16-12/h1-4,9,14H,5-8H2,(H,17,18). The molecule has 106 valence electrons. The van der Waals surface area contributed by atoms with E-state index >= 15 is 0 Å². The van der Waals surface area contributed by atoms with Crippen LogP contribution in [0.15, 0.2) is 35.2 Å². The minimum Gasteiger partial charge on any atom is -0.491 e. The van der Waals surface area contributed by atoms with E-state index in [0.717, 1.165) is 0 Å². The van der Waals surface area contributed by atoms with Crippen LogP contribution in [0.5, 0.6) is 5.75 Å². The zero-order chi connectivity index (χ0) is 14.2. The van der Waals surface area contributed by atoms with Crippen molar-refractivity contribution in [3.8, 4) is 5.75 Å². The Morgan fingerprint density at radius 3 is 2.95 bits per heavy atom. The van der Waals surface area contributed by atoms with Crippen LogP contribution in [0.4, 0.5) is 0 Å². The Morgan fingerprint density at radius 2 is 2.20 bits per heavy atom. The molecule has 0 saturated heterocycles. The molecule has 0 aliphatic heterocycles. The van der Waals surface area contributed by atoms with E-state index in [-0.39, 0.29) is 5.56 Å². The second kappa shape index (κ2) is 7.25. The Balaban J connectivity index is 1.67. The highest BCUT2D eigenvalue weighted by molar-refractivity contribution is 5.90. The third-order valence-corrected chi connectivity index (χ3v) is 2.59. The molecule has 7 heteroatoms. The molecule has 0 atom stereocenters. The summed E-state index contributed by atoms with van der Waals surface area (Å²) in [5.41, 5.74) is 0.166. The van der Waals surface area contributed by atoms with E-state index < -0.39 is 5.97 Å². The fraction of sp³-hybridized carbons (Fsp3) is 0.308. The van der Waals surface area contributed by atoms with Gasteiger partial charge in [-0.15, -0.1) is 0 Å². The molecule has 0 amide bonds. The molecule has 0 saturated carbocycles. The van der Waals surface area contributed by atoms with Crippen molar-refractivity contribution in [1.29, 1.82) is 0 Å². The largest absolute Gasteiger partial charge is 0.491 e. The molecule has 0 unspecified atom stereocenters. The van der Waals surface area contributed by atoms with E-state index in [2.05, 4.69) is 20.0 Å². The first-order valence-corrected chi connectivity index (χ1v) is 6.18. The van der Waals surface area contributed by atoms with Gasteiger partial charge in [0.1, 0.15) is 17.9 Å². The van der Waals surface area contributed by atoms with E-state index in [1.165, 1.54) is 12.5 Å². The van der Waals surface area contributed by atoms with Gasteiger partial charge in [-0.25, -0.2) is 4.79 Å². The molecule has 0 aliphatic carbocycles. The molecule has 1 aromatic heterocycles. The van der Waals surface area contributed by atoms with Gasteiger partial charge in [0, 0.05) is 19.5 Å². The summed E-state index contributed by atoms with van der Waals surface area (Å²) in [5.74, 6) is 0.0280. The van der Waals surface area contributed by atoms with Gasteiger partial charge in [-0.1, -0.05) is 17.3 Å². The fourth-order valence-electron chi connectivity index (χ4n) is 1.63. The number of benzene rings is 1. The van der Waals surface area contributed by atoms with Gasteiger partial charge < -0.3 is 19.7 Å². The number of aromatic nitrogens is 2. The number of carbonyl (C=O) groups is 1. The summed E-state index contributed by atoms with van der Waals surface area (Å²) in [4.78, 5) is 14.9. The van der Waals surface area contributed by atoms with Crippen molar-refractivity contribution in [2.75, 3.05) is 19.7 Å². The van der Waals surface area contributed by atoms with Crippen LogP contribution in [0.2, 0.25) is 0 Å². The van der Waals surface area contributed by atoms with E-state index in [1.807, 2.05) is 0 Å². The van der Waals surface area contributed by atoms with Crippen molar-refractivity contribution in [3.63, 3.8) is 0 Å². The SMILES string of the molecule is O=C(O)c1ccccc1OCCNCCc1ncon1. The Bertz CT molecular complexity index is 542.